The van der Waals surface area contributed by atoms with Crippen LogP contribution in [-0.4, -0.2) is 22.9 Å². The molecule has 1 heterocycles. The van der Waals surface area contributed by atoms with Crippen LogP contribution < -0.4 is 5.32 Å². The molecular formula is C13H23N3. The van der Waals surface area contributed by atoms with Crippen molar-refractivity contribution in [3.8, 4) is 0 Å². The van der Waals surface area contributed by atoms with Gasteiger partial charge in [0.25, 0.3) is 0 Å². The maximum Gasteiger partial charge on any atom is 0.0521 e. The third-order valence-corrected chi connectivity index (χ3v) is 2.44. The Kier molecular flexibility index (Phi) is 6.58. The van der Waals surface area contributed by atoms with Crippen LogP contribution in [0.2, 0.25) is 0 Å². The van der Waals surface area contributed by atoms with Gasteiger partial charge in [0.15, 0.2) is 0 Å². The summed E-state index contributed by atoms with van der Waals surface area (Å²) >= 11 is 0. The van der Waals surface area contributed by atoms with E-state index in [0.717, 1.165) is 32.4 Å². The van der Waals surface area contributed by atoms with Crippen LogP contribution >= 0.6 is 0 Å². The molecule has 0 aromatic carbocycles. The van der Waals surface area contributed by atoms with E-state index in [4.69, 9.17) is 0 Å². The average Bonchev–Trinajstić information content (AvgIpc) is 2.68. The van der Waals surface area contributed by atoms with Gasteiger partial charge in [0.2, 0.25) is 0 Å². The number of nitrogens with zero attached hydrogens (tertiary/aromatic N) is 2. The molecule has 90 valence electrons. The molecule has 1 N–H and O–H groups in total. The minimum atomic E-state index is 1.09. The Morgan fingerprint density at radius 2 is 2.12 bits per heavy atom. The minimum absolute atomic E-state index is 1.09. The van der Waals surface area contributed by atoms with E-state index in [2.05, 4.69) is 35.7 Å². The van der Waals surface area contributed by atoms with Crippen LogP contribution in [0.15, 0.2) is 24.5 Å². The molecule has 0 fully saturated rings. The summed E-state index contributed by atoms with van der Waals surface area (Å²) in [5.74, 6) is 0. The third-order valence-electron chi connectivity index (χ3n) is 2.44. The fraction of sp³-hybridized carbons (Fsp3) is 0.615. The largest absolute Gasteiger partial charge is 0.316 e. The molecule has 0 amide bonds. The van der Waals surface area contributed by atoms with E-state index >= 15 is 0 Å². The van der Waals surface area contributed by atoms with Gasteiger partial charge >= 0.3 is 0 Å². The Morgan fingerprint density at radius 1 is 1.31 bits per heavy atom. The highest BCUT2D eigenvalue weighted by Gasteiger charge is 1.93. The third kappa shape index (κ3) is 5.71. The molecular weight excluding hydrogens is 198 g/mol. The molecule has 0 bridgehead atoms. The van der Waals surface area contributed by atoms with Gasteiger partial charge in [-0.1, -0.05) is 19.1 Å². The summed E-state index contributed by atoms with van der Waals surface area (Å²) in [7, 11) is 1.96. The Morgan fingerprint density at radius 3 is 2.81 bits per heavy atom. The lowest BCUT2D eigenvalue weighted by Gasteiger charge is -1.98. The summed E-state index contributed by atoms with van der Waals surface area (Å²) in [6.45, 7) is 4.41. The number of rotatable bonds is 8. The first-order valence-electron chi connectivity index (χ1n) is 6.16. The van der Waals surface area contributed by atoms with Gasteiger partial charge in [0, 0.05) is 13.2 Å². The predicted octanol–water partition coefficient (Wildman–Crippen LogP) is 2.30. The lowest BCUT2D eigenvalue weighted by molar-refractivity contribution is 0.677. The first kappa shape index (κ1) is 13.0. The van der Waals surface area contributed by atoms with E-state index in [1.54, 1.807) is 0 Å². The van der Waals surface area contributed by atoms with Crippen LogP contribution in [-0.2, 0) is 13.5 Å². The second-order valence-electron chi connectivity index (χ2n) is 4.07. The van der Waals surface area contributed by atoms with Crippen molar-refractivity contribution < 1.29 is 0 Å². The van der Waals surface area contributed by atoms with Gasteiger partial charge in [-0.3, -0.25) is 4.68 Å². The standard InChI is InChI=1S/C13H23N3/c1-3-9-14-10-7-5-4-6-8-13-11-15-16(2)12-13/h4-5,11-12,14H,3,6-10H2,1-2H3/b5-4+. The molecule has 16 heavy (non-hydrogen) atoms. The zero-order valence-electron chi connectivity index (χ0n) is 10.4. The number of allylic oxidation sites excluding steroid dienone is 1. The van der Waals surface area contributed by atoms with Gasteiger partial charge in [-0.15, -0.1) is 0 Å². The van der Waals surface area contributed by atoms with E-state index in [9.17, 15) is 0 Å². The topological polar surface area (TPSA) is 29.9 Å². The van der Waals surface area contributed by atoms with Gasteiger partial charge in [-0.25, -0.2) is 0 Å². The zero-order valence-corrected chi connectivity index (χ0v) is 10.4. The molecule has 0 aliphatic heterocycles. The molecule has 3 heteroatoms. The van der Waals surface area contributed by atoms with Crippen LogP contribution in [0.3, 0.4) is 0 Å². The Balaban J connectivity index is 2.00. The molecule has 0 radical (unpaired) electrons. The molecule has 1 aromatic heterocycles. The van der Waals surface area contributed by atoms with Gasteiger partial charge in [0.05, 0.1) is 6.20 Å². The van der Waals surface area contributed by atoms with Crippen LogP contribution in [0.4, 0.5) is 0 Å². The first-order chi connectivity index (χ1) is 7.83. The second kappa shape index (κ2) is 8.11. The fourth-order valence-electron chi connectivity index (χ4n) is 1.57. The molecule has 0 saturated heterocycles. The molecule has 0 aliphatic rings. The predicted molar refractivity (Wildman–Crippen MR) is 68.4 cm³/mol. The summed E-state index contributed by atoms with van der Waals surface area (Å²) in [5.41, 5.74) is 1.32. The lowest BCUT2D eigenvalue weighted by Crippen LogP contribution is -2.14. The highest BCUT2D eigenvalue weighted by Crippen LogP contribution is 2.01. The highest BCUT2D eigenvalue weighted by atomic mass is 15.2. The van der Waals surface area contributed by atoms with Crippen molar-refractivity contribution >= 4 is 0 Å². The van der Waals surface area contributed by atoms with Crippen molar-refractivity contribution in [2.24, 2.45) is 7.05 Å². The number of aromatic nitrogens is 2. The summed E-state index contributed by atoms with van der Waals surface area (Å²) in [4.78, 5) is 0. The van der Waals surface area contributed by atoms with E-state index < -0.39 is 0 Å². The van der Waals surface area contributed by atoms with Crippen molar-refractivity contribution in [2.75, 3.05) is 13.1 Å². The Labute approximate surface area is 98.5 Å². The van der Waals surface area contributed by atoms with Crippen LogP contribution in [0.25, 0.3) is 0 Å². The quantitative estimate of drug-likeness (QED) is 0.539. The molecule has 1 aromatic rings. The molecule has 0 atom stereocenters. The van der Waals surface area contributed by atoms with E-state index in [1.165, 1.54) is 12.0 Å². The van der Waals surface area contributed by atoms with Gasteiger partial charge in [-0.05, 0) is 44.3 Å². The van der Waals surface area contributed by atoms with E-state index in [0.29, 0.717) is 0 Å². The molecule has 0 unspecified atom stereocenters. The summed E-state index contributed by atoms with van der Waals surface area (Å²) in [6.07, 6.45) is 13.1. The van der Waals surface area contributed by atoms with E-state index in [1.807, 2.05) is 17.9 Å². The van der Waals surface area contributed by atoms with Crippen LogP contribution in [0, 0.1) is 0 Å². The maximum atomic E-state index is 4.15. The summed E-state index contributed by atoms with van der Waals surface area (Å²) < 4.78 is 1.85. The molecule has 0 aliphatic carbocycles. The fourth-order valence-corrected chi connectivity index (χ4v) is 1.57. The van der Waals surface area contributed by atoms with E-state index in [-0.39, 0.29) is 0 Å². The number of aryl methyl sites for hydroxylation is 2. The summed E-state index contributed by atoms with van der Waals surface area (Å²) in [5, 5.41) is 7.53. The minimum Gasteiger partial charge on any atom is -0.316 e. The lowest BCUT2D eigenvalue weighted by atomic mass is 10.2. The SMILES string of the molecule is CCCNCC/C=C/CCc1cnn(C)c1. The average molecular weight is 221 g/mol. The van der Waals surface area contributed by atoms with Crippen molar-refractivity contribution in [1.29, 1.82) is 0 Å². The normalized spacial score (nSPS) is 11.4. The second-order valence-corrected chi connectivity index (χ2v) is 4.07. The molecule has 0 saturated carbocycles. The Bertz CT molecular complexity index is 302. The van der Waals surface area contributed by atoms with Crippen LogP contribution in [0.5, 0.6) is 0 Å². The number of nitrogens with one attached hydrogen (secondary N) is 1. The van der Waals surface area contributed by atoms with Crippen molar-refractivity contribution in [3.05, 3.63) is 30.1 Å². The zero-order chi connectivity index (χ0) is 11.6. The molecule has 1 rings (SSSR count). The van der Waals surface area contributed by atoms with Crippen molar-refractivity contribution in [1.82, 2.24) is 15.1 Å². The first-order valence-corrected chi connectivity index (χ1v) is 6.16. The highest BCUT2D eigenvalue weighted by molar-refractivity contribution is 5.04. The Hall–Kier alpha value is -1.09. The van der Waals surface area contributed by atoms with Crippen molar-refractivity contribution in [3.63, 3.8) is 0 Å². The monoisotopic (exact) mass is 221 g/mol. The van der Waals surface area contributed by atoms with Gasteiger partial charge in [0.1, 0.15) is 0 Å². The maximum absolute atomic E-state index is 4.15. The molecule has 0 spiro atoms. The van der Waals surface area contributed by atoms with Gasteiger partial charge < -0.3 is 5.32 Å². The summed E-state index contributed by atoms with van der Waals surface area (Å²) in [6, 6.07) is 0. The van der Waals surface area contributed by atoms with Gasteiger partial charge in [-0.2, -0.15) is 5.10 Å². The number of hydrogen-bond acceptors (Lipinski definition) is 2. The number of hydrogen-bond donors (Lipinski definition) is 1. The van der Waals surface area contributed by atoms with Crippen molar-refractivity contribution in [2.45, 2.75) is 32.6 Å². The smallest absolute Gasteiger partial charge is 0.0521 e. The molecule has 3 nitrogen and oxygen atoms in total. The van der Waals surface area contributed by atoms with Crippen LogP contribution in [0.1, 0.15) is 31.7 Å².